The summed E-state index contributed by atoms with van der Waals surface area (Å²) in [5.41, 5.74) is 6.10. The Balaban J connectivity index is 1.34. The lowest BCUT2D eigenvalue weighted by Crippen LogP contribution is -2.44. The van der Waals surface area contributed by atoms with E-state index >= 15 is 0 Å². The Bertz CT molecular complexity index is 1270. The Hall–Kier alpha value is -4.18. The van der Waals surface area contributed by atoms with Gasteiger partial charge in [0.1, 0.15) is 11.8 Å². The number of anilines is 2. The molecule has 0 heterocycles. The molecule has 0 N–H and O–H groups in total. The van der Waals surface area contributed by atoms with E-state index in [9.17, 15) is 9.59 Å². The molecule has 0 saturated heterocycles. The summed E-state index contributed by atoms with van der Waals surface area (Å²) in [5.74, 6) is -1.36. The molecule has 4 heteroatoms. The lowest BCUT2D eigenvalue weighted by atomic mass is 9.66. The molecule has 1 aliphatic carbocycles. The van der Waals surface area contributed by atoms with Gasteiger partial charge in [0.2, 0.25) is 0 Å². The van der Waals surface area contributed by atoms with Gasteiger partial charge >= 0.3 is 0 Å². The predicted octanol–water partition coefficient (Wildman–Crippen LogP) is 5.98. The van der Waals surface area contributed by atoms with Crippen LogP contribution in [-0.4, -0.2) is 25.7 Å². The second kappa shape index (κ2) is 10.2. The Morgan fingerprint density at radius 1 is 0.528 bits per heavy atom. The highest BCUT2D eigenvalue weighted by Gasteiger charge is 2.50. The first-order valence-electron chi connectivity index (χ1n) is 12.3. The van der Waals surface area contributed by atoms with E-state index in [0.29, 0.717) is 0 Å². The van der Waals surface area contributed by atoms with E-state index in [2.05, 4.69) is 53.4 Å². The molecule has 4 aromatic rings. The predicted molar refractivity (Wildman–Crippen MR) is 145 cm³/mol. The van der Waals surface area contributed by atoms with Gasteiger partial charge in [-0.05, 0) is 46.5 Å². The highest BCUT2D eigenvalue weighted by Crippen LogP contribution is 2.41. The molecule has 36 heavy (non-hydrogen) atoms. The van der Waals surface area contributed by atoms with Crippen LogP contribution in [0.25, 0.3) is 0 Å². The van der Waals surface area contributed by atoms with Crippen molar-refractivity contribution in [2.24, 2.45) is 0 Å². The van der Waals surface area contributed by atoms with Crippen LogP contribution in [-0.2, 0) is 22.7 Å². The minimum Gasteiger partial charge on any atom is -0.378 e. The van der Waals surface area contributed by atoms with Gasteiger partial charge in [0.15, 0.2) is 11.6 Å². The molecule has 0 radical (unpaired) electrons. The molecule has 0 aliphatic heterocycles. The average Bonchev–Trinajstić information content (AvgIpc) is 2.90. The van der Waals surface area contributed by atoms with Crippen molar-refractivity contribution in [2.45, 2.75) is 24.9 Å². The molecule has 0 unspecified atom stereocenters. The van der Waals surface area contributed by atoms with E-state index in [1.165, 1.54) is 11.1 Å². The largest absolute Gasteiger partial charge is 0.378 e. The monoisotopic (exact) mass is 474 g/mol. The van der Waals surface area contributed by atoms with Gasteiger partial charge in [0.25, 0.3) is 0 Å². The van der Waals surface area contributed by atoms with Crippen LogP contribution >= 0.6 is 0 Å². The molecule has 0 amide bonds. The molecular formula is C32H30N2O2. The van der Waals surface area contributed by atoms with Crippen LogP contribution in [0.5, 0.6) is 0 Å². The van der Waals surface area contributed by atoms with Gasteiger partial charge in [0, 0.05) is 38.6 Å². The van der Waals surface area contributed by atoms with Crippen molar-refractivity contribution in [1.29, 1.82) is 0 Å². The van der Waals surface area contributed by atoms with Gasteiger partial charge in [-0.1, -0.05) is 84.9 Å². The fourth-order valence-corrected chi connectivity index (χ4v) is 4.86. The van der Waals surface area contributed by atoms with Crippen molar-refractivity contribution < 1.29 is 9.59 Å². The second-order valence-corrected chi connectivity index (χ2v) is 9.58. The molecule has 4 nitrogen and oxygen atoms in total. The number of rotatable bonds is 8. The van der Waals surface area contributed by atoms with Crippen LogP contribution < -0.4 is 9.80 Å². The Kier molecular flexibility index (Phi) is 6.68. The molecule has 180 valence electrons. The van der Waals surface area contributed by atoms with Crippen molar-refractivity contribution in [1.82, 2.24) is 0 Å². The first-order valence-corrected chi connectivity index (χ1v) is 12.3. The molecule has 0 spiro atoms. The molecule has 0 bridgehead atoms. The van der Waals surface area contributed by atoms with Crippen LogP contribution in [0, 0.1) is 0 Å². The number of benzene rings is 4. The maximum atomic E-state index is 13.1. The number of hydrogen-bond acceptors (Lipinski definition) is 4. The fourth-order valence-electron chi connectivity index (χ4n) is 4.86. The maximum absolute atomic E-state index is 13.1. The number of Topliss-reactive ketones (excluding diaryl/α,β-unsaturated/α-hetero) is 2. The summed E-state index contributed by atoms with van der Waals surface area (Å²) in [6.07, 6.45) is 0. The van der Waals surface area contributed by atoms with E-state index in [4.69, 9.17) is 0 Å². The van der Waals surface area contributed by atoms with E-state index in [0.717, 1.165) is 35.6 Å². The number of hydrogen-bond donors (Lipinski definition) is 0. The van der Waals surface area contributed by atoms with Crippen LogP contribution in [0.3, 0.4) is 0 Å². The quantitative estimate of drug-likeness (QED) is 0.295. The van der Waals surface area contributed by atoms with Crippen LogP contribution in [0.2, 0.25) is 0 Å². The third-order valence-electron chi connectivity index (χ3n) is 6.90. The minimum absolute atomic E-state index is 0.0178. The van der Waals surface area contributed by atoms with Gasteiger partial charge in [-0.15, -0.1) is 0 Å². The Morgan fingerprint density at radius 3 is 1.31 bits per heavy atom. The Morgan fingerprint density at radius 2 is 0.917 bits per heavy atom. The van der Waals surface area contributed by atoms with E-state index in [-0.39, 0.29) is 11.6 Å². The maximum Gasteiger partial charge on any atom is 0.162 e. The smallest absolute Gasteiger partial charge is 0.162 e. The zero-order valence-electron chi connectivity index (χ0n) is 20.7. The van der Waals surface area contributed by atoms with Crippen molar-refractivity contribution in [2.75, 3.05) is 23.9 Å². The van der Waals surface area contributed by atoms with E-state index in [1.807, 2.05) is 79.7 Å². The zero-order chi connectivity index (χ0) is 25.1. The number of nitrogens with zero attached hydrogens (tertiary/aromatic N) is 2. The zero-order valence-corrected chi connectivity index (χ0v) is 20.7. The summed E-state index contributed by atoms with van der Waals surface area (Å²) in [4.78, 5) is 30.4. The molecule has 0 aromatic heterocycles. The Labute approximate surface area is 212 Å². The number of carbonyl (C=O) groups is 2. The van der Waals surface area contributed by atoms with E-state index < -0.39 is 11.8 Å². The first-order chi connectivity index (χ1) is 17.5. The van der Waals surface area contributed by atoms with Gasteiger partial charge in [-0.3, -0.25) is 9.59 Å². The topological polar surface area (TPSA) is 40.6 Å². The molecule has 1 fully saturated rings. The van der Waals surface area contributed by atoms with Gasteiger partial charge < -0.3 is 9.80 Å². The second-order valence-electron chi connectivity index (χ2n) is 9.58. The normalized spacial score (nSPS) is 16.9. The van der Waals surface area contributed by atoms with Crippen molar-refractivity contribution in [3.05, 3.63) is 131 Å². The first kappa shape index (κ1) is 23.6. The third kappa shape index (κ3) is 4.80. The fraction of sp³-hybridized carbons (Fsp3) is 0.188. The van der Waals surface area contributed by atoms with Crippen LogP contribution in [0.15, 0.2) is 109 Å². The average molecular weight is 475 g/mol. The molecule has 1 saturated carbocycles. The standard InChI is InChI=1S/C32H30N2O2/c1-33(2)27-17-13-25(14-18-27)29-31(35)30(32(29)36)26-15-19-28(20-16-26)34(21-23-9-5-3-6-10-23)22-24-11-7-4-8-12-24/h3-20,29-30H,21-22H2,1-2H3. The lowest BCUT2D eigenvalue weighted by molar-refractivity contribution is -0.142. The molecule has 5 rings (SSSR count). The van der Waals surface area contributed by atoms with Crippen molar-refractivity contribution >= 4 is 22.9 Å². The molecule has 0 atom stereocenters. The van der Waals surface area contributed by atoms with Gasteiger partial charge in [-0.25, -0.2) is 0 Å². The third-order valence-corrected chi connectivity index (χ3v) is 6.90. The summed E-state index contributed by atoms with van der Waals surface area (Å²) in [7, 11) is 3.93. The minimum atomic E-state index is -0.672. The molecule has 1 aliphatic rings. The summed E-state index contributed by atoms with van der Waals surface area (Å²) in [6.45, 7) is 1.53. The van der Waals surface area contributed by atoms with Crippen LogP contribution in [0.1, 0.15) is 34.1 Å². The number of ketones is 2. The number of carbonyl (C=O) groups excluding carboxylic acids is 2. The summed E-state index contributed by atoms with van der Waals surface area (Å²) in [6, 6.07) is 36.4. The summed E-state index contributed by atoms with van der Waals surface area (Å²) in [5, 5.41) is 0. The highest BCUT2D eigenvalue weighted by molar-refractivity contribution is 6.31. The van der Waals surface area contributed by atoms with Crippen molar-refractivity contribution in [3.8, 4) is 0 Å². The molecule has 4 aromatic carbocycles. The van der Waals surface area contributed by atoms with E-state index in [1.54, 1.807) is 0 Å². The SMILES string of the molecule is CN(C)c1ccc(C2C(=O)C(c3ccc(N(Cc4ccccc4)Cc4ccccc4)cc3)C2=O)cc1. The van der Waals surface area contributed by atoms with Gasteiger partial charge in [-0.2, -0.15) is 0 Å². The summed E-state index contributed by atoms with van der Waals surface area (Å²) >= 11 is 0. The highest BCUT2D eigenvalue weighted by atomic mass is 16.2. The van der Waals surface area contributed by atoms with Crippen LogP contribution in [0.4, 0.5) is 11.4 Å². The van der Waals surface area contributed by atoms with Crippen molar-refractivity contribution in [3.63, 3.8) is 0 Å². The lowest BCUT2D eigenvalue weighted by Gasteiger charge is -2.33. The molecular weight excluding hydrogens is 444 g/mol. The summed E-state index contributed by atoms with van der Waals surface area (Å²) < 4.78 is 0. The van der Waals surface area contributed by atoms with Gasteiger partial charge in [0.05, 0.1) is 0 Å².